The Morgan fingerprint density at radius 1 is 0.977 bits per heavy atom. The molecule has 10 nitrogen and oxygen atoms in total. The van der Waals surface area contributed by atoms with Crippen molar-refractivity contribution in [2.24, 2.45) is 0 Å². The number of ether oxygens (including phenoxy) is 2. The lowest BCUT2D eigenvalue weighted by Gasteiger charge is -2.39. The van der Waals surface area contributed by atoms with Crippen molar-refractivity contribution in [3.05, 3.63) is 103 Å². The molecule has 4 aromatic rings. The topological polar surface area (TPSA) is 113 Å². The van der Waals surface area contributed by atoms with Crippen LogP contribution in [0.2, 0.25) is 0 Å². The summed E-state index contributed by atoms with van der Waals surface area (Å²) in [6, 6.07) is 23.1. The summed E-state index contributed by atoms with van der Waals surface area (Å²) in [5.41, 5.74) is 2.66. The first-order valence-corrected chi connectivity index (χ1v) is 16.0. The second-order valence-corrected chi connectivity index (χ2v) is 12.2. The molecule has 12 heteroatoms. The first-order chi connectivity index (χ1) is 21.2. The van der Waals surface area contributed by atoms with E-state index in [2.05, 4.69) is 19.9 Å². The van der Waals surface area contributed by atoms with Crippen LogP contribution in [0.1, 0.15) is 18.4 Å². The van der Waals surface area contributed by atoms with Gasteiger partial charge in [-0.15, -0.1) is 0 Å². The van der Waals surface area contributed by atoms with Gasteiger partial charge in [-0.05, 0) is 79.1 Å². The van der Waals surface area contributed by atoms with Crippen molar-refractivity contribution in [3.63, 3.8) is 0 Å². The summed E-state index contributed by atoms with van der Waals surface area (Å²) in [6.07, 6.45) is 4.36. The highest BCUT2D eigenvalue weighted by Crippen LogP contribution is 2.33. The number of nitrogens with zero attached hydrogens (tertiary/aromatic N) is 3. The molecule has 1 aliphatic heterocycles. The Balaban J connectivity index is 1.20. The van der Waals surface area contributed by atoms with E-state index in [9.17, 15) is 17.6 Å². The van der Waals surface area contributed by atoms with E-state index in [0.717, 1.165) is 37.8 Å². The Hall–Kier alpha value is -4.68. The summed E-state index contributed by atoms with van der Waals surface area (Å²) < 4.78 is 50.0. The van der Waals surface area contributed by atoms with Gasteiger partial charge in [-0.3, -0.25) is 14.5 Å². The largest absolute Gasteiger partial charge is 0.495 e. The average molecular weight is 620 g/mol. The zero-order valence-corrected chi connectivity index (χ0v) is 25.3. The maximum atomic E-state index is 13.6. The van der Waals surface area contributed by atoms with E-state index in [1.54, 1.807) is 48.5 Å². The summed E-state index contributed by atoms with van der Waals surface area (Å²) in [5, 5.41) is 2.91. The number of methoxy groups -OCH3 is 1. The standard InChI is InChI=1S/C32H34FN5O5S/c1-42-30-6-4-3-5-29(30)38(32(39)35-25-10-8-24(33)9-11-25)27-17-19-37(20-18-27)22-23-7-16-31(34-21-23)43-28-14-12-26(13-15-28)36-44(2,40)41/h3-16,21,27,36H,17-20,22H2,1-2H3,(H,35,39). The molecule has 0 radical (unpaired) electrons. The van der Waals surface area contributed by atoms with Gasteiger partial charge in [-0.1, -0.05) is 18.2 Å². The number of nitrogens with one attached hydrogen (secondary N) is 2. The van der Waals surface area contributed by atoms with Gasteiger partial charge in [-0.2, -0.15) is 0 Å². The Bertz CT molecular complexity index is 1660. The Morgan fingerprint density at radius 2 is 1.66 bits per heavy atom. The van der Waals surface area contributed by atoms with E-state index in [1.807, 2.05) is 30.3 Å². The number of aromatic nitrogens is 1. The van der Waals surface area contributed by atoms with Gasteiger partial charge in [0.2, 0.25) is 15.9 Å². The molecule has 0 unspecified atom stereocenters. The molecule has 5 rings (SSSR count). The van der Waals surface area contributed by atoms with Gasteiger partial charge < -0.3 is 14.8 Å². The second kappa shape index (κ2) is 13.7. The van der Waals surface area contributed by atoms with Crippen molar-refractivity contribution in [2.45, 2.75) is 25.4 Å². The molecule has 2 N–H and O–H groups in total. The number of urea groups is 1. The second-order valence-electron chi connectivity index (χ2n) is 10.5. The molecular formula is C32H34FN5O5S. The summed E-state index contributed by atoms with van der Waals surface area (Å²) in [7, 11) is -1.77. The fraction of sp³-hybridized carbons (Fsp3) is 0.250. The van der Waals surface area contributed by atoms with E-state index >= 15 is 0 Å². The lowest BCUT2D eigenvalue weighted by Crippen LogP contribution is -2.49. The number of benzene rings is 3. The van der Waals surface area contributed by atoms with Crippen LogP contribution in [0.15, 0.2) is 91.1 Å². The first kappa shape index (κ1) is 30.8. The summed E-state index contributed by atoms with van der Waals surface area (Å²) in [6.45, 7) is 2.24. The normalized spacial score (nSPS) is 14.1. The van der Waals surface area contributed by atoms with Crippen LogP contribution in [0.25, 0.3) is 0 Å². The van der Waals surface area contributed by atoms with Crippen LogP contribution < -0.4 is 24.4 Å². The van der Waals surface area contributed by atoms with Gasteiger partial charge >= 0.3 is 6.03 Å². The van der Waals surface area contributed by atoms with Crippen LogP contribution in [0.3, 0.4) is 0 Å². The molecule has 44 heavy (non-hydrogen) atoms. The third-order valence-electron chi connectivity index (χ3n) is 7.17. The minimum atomic E-state index is -3.35. The van der Waals surface area contributed by atoms with Crippen LogP contribution in [0.4, 0.5) is 26.2 Å². The average Bonchev–Trinajstić information content (AvgIpc) is 3.01. The van der Waals surface area contributed by atoms with Gasteiger partial charge in [0.05, 0.1) is 19.1 Å². The van der Waals surface area contributed by atoms with Gasteiger partial charge in [0, 0.05) is 49.3 Å². The number of carbonyl (C=O) groups excluding carboxylic acids is 1. The van der Waals surface area contributed by atoms with E-state index in [4.69, 9.17) is 9.47 Å². The van der Waals surface area contributed by atoms with Crippen molar-refractivity contribution in [1.29, 1.82) is 0 Å². The van der Waals surface area contributed by atoms with Crippen LogP contribution >= 0.6 is 0 Å². The SMILES string of the molecule is COc1ccccc1N(C(=O)Nc1ccc(F)cc1)C1CCN(Cc2ccc(Oc3ccc(NS(C)(=O)=O)cc3)nc2)CC1. The van der Waals surface area contributed by atoms with E-state index < -0.39 is 10.0 Å². The number of pyridine rings is 1. The van der Waals surface area contributed by atoms with E-state index in [1.165, 1.54) is 24.3 Å². The van der Waals surface area contributed by atoms with Gasteiger partial charge in [0.25, 0.3) is 0 Å². The summed E-state index contributed by atoms with van der Waals surface area (Å²) >= 11 is 0. The number of anilines is 3. The van der Waals surface area contributed by atoms with Crippen LogP contribution in [0.5, 0.6) is 17.4 Å². The molecule has 230 valence electrons. The monoisotopic (exact) mass is 619 g/mol. The number of sulfonamides is 1. The van der Waals surface area contributed by atoms with Crippen molar-refractivity contribution in [1.82, 2.24) is 9.88 Å². The van der Waals surface area contributed by atoms with Gasteiger partial charge in [0.15, 0.2) is 0 Å². The molecule has 1 aliphatic rings. The number of piperidine rings is 1. The number of hydrogen-bond donors (Lipinski definition) is 2. The fourth-order valence-corrected chi connectivity index (χ4v) is 5.67. The number of halogens is 1. The van der Waals surface area contributed by atoms with Crippen molar-refractivity contribution in [3.8, 4) is 17.4 Å². The van der Waals surface area contributed by atoms with E-state index in [-0.39, 0.29) is 17.9 Å². The van der Waals surface area contributed by atoms with Crippen molar-refractivity contribution in [2.75, 3.05) is 41.4 Å². The third-order valence-corrected chi connectivity index (χ3v) is 7.77. The maximum absolute atomic E-state index is 13.6. The predicted molar refractivity (Wildman–Crippen MR) is 168 cm³/mol. The maximum Gasteiger partial charge on any atom is 0.326 e. The summed E-state index contributed by atoms with van der Waals surface area (Å²) in [5.74, 6) is 1.19. The Morgan fingerprint density at radius 3 is 2.30 bits per heavy atom. The van der Waals surface area contributed by atoms with Crippen LogP contribution in [-0.4, -0.2) is 56.8 Å². The molecule has 2 heterocycles. The zero-order chi connectivity index (χ0) is 31.1. The molecule has 1 aromatic heterocycles. The number of amides is 2. The zero-order valence-electron chi connectivity index (χ0n) is 24.4. The molecule has 1 fully saturated rings. The predicted octanol–water partition coefficient (Wildman–Crippen LogP) is 6.10. The molecule has 0 aliphatic carbocycles. The highest BCUT2D eigenvalue weighted by atomic mass is 32.2. The van der Waals surface area contributed by atoms with Crippen LogP contribution in [-0.2, 0) is 16.6 Å². The molecule has 3 aromatic carbocycles. The Kier molecular flexibility index (Phi) is 9.61. The quantitative estimate of drug-likeness (QED) is 0.221. The minimum absolute atomic E-state index is 0.0732. The molecule has 0 bridgehead atoms. The third kappa shape index (κ3) is 8.23. The summed E-state index contributed by atoms with van der Waals surface area (Å²) in [4.78, 5) is 22.1. The smallest absolute Gasteiger partial charge is 0.326 e. The van der Waals surface area contributed by atoms with Crippen molar-refractivity contribution >= 4 is 33.1 Å². The van der Waals surface area contributed by atoms with Gasteiger partial charge in [0.1, 0.15) is 17.3 Å². The lowest BCUT2D eigenvalue weighted by atomic mass is 10.0. The van der Waals surface area contributed by atoms with Crippen LogP contribution in [0, 0.1) is 5.82 Å². The van der Waals surface area contributed by atoms with Crippen molar-refractivity contribution < 1.29 is 27.1 Å². The molecule has 1 saturated heterocycles. The molecule has 0 spiro atoms. The highest BCUT2D eigenvalue weighted by molar-refractivity contribution is 7.92. The number of hydrogen-bond acceptors (Lipinski definition) is 7. The van der Waals surface area contributed by atoms with Gasteiger partial charge in [-0.25, -0.2) is 22.6 Å². The number of para-hydroxylation sites is 2. The lowest BCUT2D eigenvalue weighted by molar-refractivity contribution is 0.199. The molecule has 0 saturated carbocycles. The highest BCUT2D eigenvalue weighted by Gasteiger charge is 2.31. The number of rotatable bonds is 10. The fourth-order valence-electron chi connectivity index (χ4n) is 5.10. The minimum Gasteiger partial charge on any atom is -0.495 e. The van der Waals surface area contributed by atoms with E-state index in [0.29, 0.717) is 41.0 Å². The molecular weight excluding hydrogens is 585 g/mol. The molecule has 2 amide bonds. The number of carbonyl (C=O) groups is 1. The Labute approximate surface area is 256 Å². The number of likely N-dealkylation sites (tertiary alicyclic amines) is 1. The first-order valence-electron chi connectivity index (χ1n) is 14.1. The molecule has 0 atom stereocenters.